The molecule has 25 heavy (non-hydrogen) atoms. The second-order valence-electron chi connectivity index (χ2n) is 5.55. The van der Waals surface area contributed by atoms with E-state index in [1.165, 1.54) is 18.4 Å². The lowest BCUT2D eigenvalue weighted by molar-refractivity contribution is -0.123. The topological polar surface area (TPSA) is 87.7 Å². The predicted molar refractivity (Wildman–Crippen MR) is 96.6 cm³/mol. The Balaban J connectivity index is 2.02. The molecule has 3 N–H and O–H groups in total. The van der Waals surface area contributed by atoms with Crippen LogP contribution in [0.2, 0.25) is 0 Å². The van der Waals surface area contributed by atoms with Crippen molar-refractivity contribution in [2.24, 2.45) is 0 Å². The Hall–Kier alpha value is -2.22. The number of rotatable bonds is 9. The van der Waals surface area contributed by atoms with Crippen molar-refractivity contribution in [1.29, 1.82) is 0 Å². The highest BCUT2D eigenvalue weighted by Crippen LogP contribution is 2.10. The van der Waals surface area contributed by atoms with Crippen LogP contribution in [-0.4, -0.2) is 49.3 Å². The first-order chi connectivity index (χ1) is 12.1. The maximum Gasteiger partial charge on any atom is 0.262 e. The van der Waals surface area contributed by atoms with Crippen molar-refractivity contribution in [2.75, 3.05) is 20.3 Å². The van der Waals surface area contributed by atoms with Gasteiger partial charge in [0.05, 0.1) is 17.6 Å². The highest BCUT2D eigenvalue weighted by Gasteiger charge is 2.22. The van der Waals surface area contributed by atoms with E-state index in [2.05, 4.69) is 10.6 Å². The van der Waals surface area contributed by atoms with Crippen molar-refractivity contribution in [3.05, 3.63) is 58.3 Å². The van der Waals surface area contributed by atoms with E-state index in [1.54, 1.807) is 12.1 Å². The first kappa shape index (κ1) is 19.1. The molecule has 134 valence electrons. The van der Waals surface area contributed by atoms with E-state index in [0.29, 0.717) is 11.3 Å². The van der Waals surface area contributed by atoms with Crippen LogP contribution in [0.15, 0.2) is 47.8 Å². The van der Waals surface area contributed by atoms with E-state index in [4.69, 9.17) is 4.74 Å². The summed E-state index contributed by atoms with van der Waals surface area (Å²) in [6, 6.07) is 12.2. The summed E-state index contributed by atoms with van der Waals surface area (Å²) < 4.78 is 4.84. The second kappa shape index (κ2) is 9.93. The van der Waals surface area contributed by atoms with Crippen LogP contribution >= 0.6 is 11.3 Å². The van der Waals surface area contributed by atoms with Gasteiger partial charge in [0.15, 0.2) is 0 Å². The smallest absolute Gasteiger partial charge is 0.262 e. The van der Waals surface area contributed by atoms with Gasteiger partial charge in [-0.15, -0.1) is 11.3 Å². The Morgan fingerprint density at radius 1 is 1.20 bits per heavy atom. The summed E-state index contributed by atoms with van der Waals surface area (Å²) in [5.74, 6) is -0.632. The molecule has 1 aromatic carbocycles. The van der Waals surface area contributed by atoms with Crippen molar-refractivity contribution in [2.45, 2.75) is 18.6 Å². The van der Waals surface area contributed by atoms with Crippen LogP contribution in [0.1, 0.15) is 15.2 Å². The fourth-order valence-electron chi connectivity index (χ4n) is 2.29. The van der Waals surface area contributed by atoms with Crippen LogP contribution in [-0.2, 0) is 16.0 Å². The number of carbonyl (C=O) groups is 2. The Morgan fingerprint density at radius 2 is 1.96 bits per heavy atom. The minimum atomic E-state index is -0.792. The van der Waals surface area contributed by atoms with Crippen LogP contribution in [0.4, 0.5) is 0 Å². The molecule has 1 heterocycles. The lowest BCUT2D eigenvalue weighted by Gasteiger charge is -2.19. The zero-order chi connectivity index (χ0) is 18.1. The van der Waals surface area contributed by atoms with Gasteiger partial charge in [0, 0.05) is 20.1 Å². The van der Waals surface area contributed by atoms with Crippen molar-refractivity contribution >= 4 is 23.2 Å². The minimum absolute atomic E-state index is 0.0623. The van der Waals surface area contributed by atoms with Gasteiger partial charge in [-0.05, 0) is 17.0 Å². The Morgan fingerprint density at radius 3 is 2.60 bits per heavy atom. The van der Waals surface area contributed by atoms with Gasteiger partial charge < -0.3 is 20.5 Å². The van der Waals surface area contributed by atoms with E-state index in [-0.39, 0.29) is 25.0 Å². The highest BCUT2D eigenvalue weighted by molar-refractivity contribution is 7.12. The van der Waals surface area contributed by atoms with Gasteiger partial charge in [-0.1, -0.05) is 36.4 Å². The van der Waals surface area contributed by atoms with Gasteiger partial charge in [0.1, 0.15) is 6.04 Å². The third-order valence-electron chi connectivity index (χ3n) is 3.52. The molecular weight excluding hydrogens is 340 g/mol. The third kappa shape index (κ3) is 6.30. The number of thiophene rings is 1. The monoisotopic (exact) mass is 362 g/mol. The molecule has 0 saturated heterocycles. The van der Waals surface area contributed by atoms with E-state index in [0.717, 1.165) is 5.56 Å². The average molecular weight is 362 g/mol. The molecule has 7 heteroatoms. The van der Waals surface area contributed by atoms with E-state index >= 15 is 0 Å². The summed E-state index contributed by atoms with van der Waals surface area (Å²) in [4.78, 5) is 25.3. The first-order valence-electron chi connectivity index (χ1n) is 7.93. The van der Waals surface area contributed by atoms with E-state index in [1.807, 2.05) is 35.7 Å². The number of carbonyl (C=O) groups excluding carboxylic acids is 2. The Kier molecular flexibility index (Phi) is 7.59. The third-order valence-corrected chi connectivity index (χ3v) is 4.39. The summed E-state index contributed by atoms with van der Waals surface area (Å²) >= 11 is 1.32. The predicted octanol–water partition coefficient (Wildman–Crippen LogP) is 1.21. The largest absolute Gasteiger partial charge is 0.389 e. The molecule has 0 spiro atoms. The van der Waals surface area contributed by atoms with Gasteiger partial charge in [0.2, 0.25) is 5.91 Å². The standard InChI is InChI=1S/C18H22N2O4S/c1-24-12-14(21)11-19-17(22)15(10-13-6-3-2-4-7-13)20-18(23)16-8-5-9-25-16/h2-9,14-15,21H,10-12H2,1H3,(H,19,22)(H,20,23)/t14-,15-/m1/s1. The number of hydrogen-bond donors (Lipinski definition) is 3. The maximum atomic E-state index is 12.5. The molecule has 0 saturated carbocycles. The van der Waals surface area contributed by atoms with E-state index < -0.39 is 12.1 Å². The van der Waals surface area contributed by atoms with Crippen molar-refractivity contribution < 1.29 is 19.4 Å². The average Bonchev–Trinajstić information content (AvgIpc) is 3.15. The number of hydrogen-bond acceptors (Lipinski definition) is 5. The SMILES string of the molecule is COC[C@H](O)CNC(=O)[C@@H](Cc1ccccc1)NC(=O)c1cccs1. The lowest BCUT2D eigenvalue weighted by atomic mass is 10.0. The van der Waals surface area contributed by atoms with Gasteiger partial charge in [-0.2, -0.15) is 0 Å². The van der Waals surface area contributed by atoms with Crippen LogP contribution < -0.4 is 10.6 Å². The maximum absolute atomic E-state index is 12.5. The lowest BCUT2D eigenvalue weighted by Crippen LogP contribution is -2.49. The molecule has 0 bridgehead atoms. The molecule has 2 rings (SSSR count). The highest BCUT2D eigenvalue weighted by atomic mass is 32.1. The van der Waals surface area contributed by atoms with Gasteiger partial charge in [-0.3, -0.25) is 9.59 Å². The summed E-state index contributed by atoms with van der Waals surface area (Å²) in [6.07, 6.45) is -0.427. The van der Waals surface area contributed by atoms with Crippen LogP contribution in [0, 0.1) is 0 Å². The van der Waals surface area contributed by atoms with E-state index in [9.17, 15) is 14.7 Å². The second-order valence-corrected chi connectivity index (χ2v) is 6.50. The van der Waals surface area contributed by atoms with Crippen LogP contribution in [0.3, 0.4) is 0 Å². The quantitative estimate of drug-likeness (QED) is 0.626. The number of nitrogens with one attached hydrogen (secondary N) is 2. The fraction of sp³-hybridized carbons (Fsp3) is 0.333. The summed E-state index contributed by atoms with van der Waals surface area (Å²) in [6.45, 7) is 0.192. The molecule has 2 aromatic rings. The van der Waals surface area contributed by atoms with Crippen molar-refractivity contribution in [3.63, 3.8) is 0 Å². The molecule has 0 aliphatic rings. The molecule has 6 nitrogen and oxygen atoms in total. The summed E-state index contributed by atoms with van der Waals surface area (Å²) in [5.41, 5.74) is 0.937. The number of benzene rings is 1. The molecule has 0 unspecified atom stereocenters. The number of aliphatic hydroxyl groups is 1. The van der Waals surface area contributed by atoms with Gasteiger partial charge >= 0.3 is 0 Å². The zero-order valence-corrected chi connectivity index (χ0v) is 14.8. The summed E-state index contributed by atoms with van der Waals surface area (Å²) in [5, 5.41) is 16.9. The van der Waals surface area contributed by atoms with Crippen molar-refractivity contribution in [3.8, 4) is 0 Å². The van der Waals surface area contributed by atoms with Crippen molar-refractivity contribution in [1.82, 2.24) is 10.6 Å². The molecule has 0 aliphatic heterocycles. The molecule has 1 aromatic heterocycles. The van der Waals surface area contributed by atoms with Gasteiger partial charge in [-0.25, -0.2) is 0 Å². The molecule has 0 fully saturated rings. The minimum Gasteiger partial charge on any atom is -0.389 e. The zero-order valence-electron chi connectivity index (χ0n) is 14.0. The normalized spacial score (nSPS) is 13.0. The Bertz CT molecular complexity index is 661. The number of ether oxygens (including phenoxy) is 1. The fourth-order valence-corrected chi connectivity index (χ4v) is 2.92. The van der Waals surface area contributed by atoms with Gasteiger partial charge in [0.25, 0.3) is 5.91 Å². The first-order valence-corrected chi connectivity index (χ1v) is 8.81. The molecule has 0 radical (unpaired) electrons. The van der Waals surface area contributed by atoms with Crippen LogP contribution in [0.25, 0.3) is 0 Å². The molecule has 0 aliphatic carbocycles. The molecular formula is C18H22N2O4S. The number of aliphatic hydroxyl groups excluding tert-OH is 1. The summed E-state index contributed by atoms with van der Waals surface area (Å²) in [7, 11) is 1.48. The number of amides is 2. The molecule has 2 amide bonds. The molecule has 2 atom stereocenters. The van der Waals surface area contributed by atoms with Crippen LogP contribution in [0.5, 0.6) is 0 Å². The Labute approximate surface area is 150 Å². The number of methoxy groups -OCH3 is 1.